The Hall–Kier alpha value is -1.94. The Balaban J connectivity index is 5.23. The smallest absolute Gasteiger partial charge is 0.462 e. The van der Waals surface area contributed by atoms with Crippen molar-refractivity contribution in [3.8, 4) is 0 Å². The van der Waals surface area contributed by atoms with Crippen molar-refractivity contribution in [2.24, 2.45) is 5.92 Å². The summed E-state index contributed by atoms with van der Waals surface area (Å²) in [7, 11) is -9.91. The second kappa shape index (κ2) is 71.1. The van der Waals surface area contributed by atoms with E-state index in [-0.39, 0.29) is 25.7 Å². The Morgan fingerprint density at radius 1 is 0.278 bits per heavy atom. The number of phosphoric ester groups is 2. The molecule has 0 fully saturated rings. The summed E-state index contributed by atoms with van der Waals surface area (Å²) in [6.45, 7) is 7.33. The molecular formula is C78H152O17P2. The molecule has 0 spiro atoms. The quantitative estimate of drug-likeness (QED) is 0.0222. The minimum absolute atomic E-state index is 0.108. The summed E-state index contributed by atoms with van der Waals surface area (Å²) in [5.41, 5.74) is 0. The number of phosphoric acid groups is 2. The van der Waals surface area contributed by atoms with Gasteiger partial charge < -0.3 is 33.8 Å². The van der Waals surface area contributed by atoms with Crippen LogP contribution in [-0.4, -0.2) is 96.7 Å². The zero-order chi connectivity index (χ0) is 71.2. The van der Waals surface area contributed by atoms with Gasteiger partial charge in [-0.2, -0.15) is 0 Å². The molecule has 97 heavy (non-hydrogen) atoms. The van der Waals surface area contributed by atoms with Crippen molar-refractivity contribution in [3.05, 3.63) is 0 Å². The number of rotatable bonds is 78. The van der Waals surface area contributed by atoms with Crippen LogP contribution in [0.2, 0.25) is 0 Å². The molecule has 0 aromatic rings. The molecule has 0 aliphatic rings. The van der Waals surface area contributed by atoms with Crippen molar-refractivity contribution in [2.75, 3.05) is 39.6 Å². The van der Waals surface area contributed by atoms with E-state index in [1.807, 2.05) is 0 Å². The average Bonchev–Trinajstić information content (AvgIpc) is 3.61. The van der Waals surface area contributed by atoms with Crippen LogP contribution in [-0.2, 0) is 65.4 Å². The molecule has 17 nitrogen and oxygen atoms in total. The maximum absolute atomic E-state index is 13.1. The molecule has 0 heterocycles. The van der Waals surface area contributed by atoms with Gasteiger partial charge in [-0.1, -0.05) is 362 Å². The lowest BCUT2D eigenvalue weighted by molar-refractivity contribution is -0.161. The largest absolute Gasteiger partial charge is 0.472 e. The number of hydrogen-bond acceptors (Lipinski definition) is 15. The summed E-state index contributed by atoms with van der Waals surface area (Å²) in [5.74, 6) is -1.31. The number of esters is 4. The SMILES string of the molecule is CCCCCCCCCCCCCCCCCCCC(=O)OC[C@H](COP(=O)(O)OC[C@@H](O)COP(=O)(O)OC[C@@H](COC(=O)CCCCCCCCCCCC)OC(=O)CCCCCCCCCCCCCC)OC(=O)CCCCCCCCCCCCCCCCCC(C)C. The number of aliphatic hydroxyl groups is 1. The predicted molar refractivity (Wildman–Crippen MR) is 395 cm³/mol. The molecule has 0 aromatic heterocycles. The van der Waals surface area contributed by atoms with E-state index in [0.29, 0.717) is 25.7 Å². The third-order valence-electron chi connectivity index (χ3n) is 18.3. The fourth-order valence-corrected chi connectivity index (χ4v) is 13.6. The van der Waals surface area contributed by atoms with Gasteiger partial charge in [-0.05, 0) is 31.6 Å². The normalized spacial score (nSPS) is 13.9. The molecule has 3 N–H and O–H groups in total. The van der Waals surface area contributed by atoms with Gasteiger partial charge in [0.1, 0.15) is 19.3 Å². The van der Waals surface area contributed by atoms with Gasteiger partial charge in [0.05, 0.1) is 26.4 Å². The first kappa shape index (κ1) is 95.1. The fourth-order valence-electron chi connectivity index (χ4n) is 12.1. The van der Waals surface area contributed by atoms with E-state index in [0.717, 1.165) is 95.8 Å². The highest BCUT2D eigenvalue weighted by Crippen LogP contribution is 2.45. The second-order valence-corrected chi connectivity index (χ2v) is 31.5. The average molecular weight is 1420 g/mol. The molecule has 5 atom stereocenters. The van der Waals surface area contributed by atoms with Gasteiger partial charge in [0.15, 0.2) is 12.2 Å². The second-order valence-electron chi connectivity index (χ2n) is 28.6. The Labute approximate surface area is 594 Å². The van der Waals surface area contributed by atoms with E-state index in [9.17, 15) is 43.2 Å². The van der Waals surface area contributed by atoms with Crippen LogP contribution in [0.5, 0.6) is 0 Å². The van der Waals surface area contributed by atoms with E-state index < -0.39 is 97.5 Å². The Kier molecular flexibility index (Phi) is 69.6. The molecule has 0 aliphatic heterocycles. The lowest BCUT2D eigenvalue weighted by atomic mass is 10.0. The monoisotopic (exact) mass is 1420 g/mol. The summed E-state index contributed by atoms with van der Waals surface area (Å²) >= 11 is 0. The van der Waals surface area contributed by atoms with E-state index in [4.69, 9.17) is 37.0 Å². The van der Waals surface area contributed by atoms with Crippen LogP contribution >= 0.6 is 15.6 Å². The lowest BCUT2D eigenvalue weighted by Crippen LogP contribution is -2.30. The molecule has 0 saturated heterocycles. The Morgan fingerprint density at radius 3 is 0.701 bits per heavy atom. The van der Waals surface area contributed by atoms with Crippen molar-refractivity contribution in [1.29, 1.82) is 0 Å². The minimum Gasteiger partial charge on any atom is -0.462 e. The predicted octanol–water partition coefficient (Wildman–Crippen LogP) is 23.3. The minimum atomic E-state index is -4.96. The topological polar surface area (TPSA) is 237 Å². The molecule has 2 unspecified atom stereocenters. The van der Waals surface area contributed by atoms with E-state index >= 15 is 0 Å². The maximum atomic E-state index is 13.1. The first-order valence-corrected chi connectivity index (χ1v) is 43.6. The van der Waals surface area contributed by atoms with Crippen molar-refractivity contribution in [2.45, 2.75) is 432 Å². The summed E-state index contributed by atoms with van der Waals surface area (Å²) in [4.78, 5) is 72.9. The van der Waals surface area contributed by atoms with Crippen molar-refractivity contribution in [3.63, 3.8) is 0 Å². The van der Waals surface area contributed by atoms with E-state index in [1.165, 1.54) is 238 Å². The summed E-state index contributed by atoms with van der Waals surface area (Å²) in [6.07, 6.45) is 60.9. The van der Waals surface area contributed by atoms with Crippen LogP contribution in [0.4, 0.5) is 0 Å². The third-order valence-corrected chi connectivity index (χ3v) is 20.2. The molecular weight excluding hydrogens is 1270 g/mol. The molecule has 19 heteroatoms. The molecule has 0 aliphatic carbocycles. The Morgan fingerprint density at radius 2 is 0.474 bits per heavy atom. The summed E-state index contributed by atoms with van der Waals surface area (Å²) in [5, 5.41) is 10.6. The van der Waals surface area contributed by atoms with Crippen molar-refractivity contribution in [1.82, 2.24) is 0 Å². The third kappa shape index (κ3) is 72.2. The van der Waals surface area contributed by atoms with Crippen LogP contribution < -0.4 is 0 Å². The van der Waals surface area contributed by atoms with Crippen molar-refractivity contribution < 1.29 is 80.2 Å². The van der Waals surface area contributed by atoms with Crippen LogP contribution in [0, 0.1) is 5.92 Å². The van der Waals surface area contributed by atoms with E-state index in [1.54, 1.807) is 0 Å². The van der Waals surface area contributed by atoms with Crippen molar-refractivity contribution >= 4 is 39.5 Å². The first-order chi connectivity index (χ1) is 47.0. The zero-order valence-electron chi connectivity index (χ0n) is 63.2. The number of hydrogen-bond donors (Lipinski definition) is 3. The van der Waals surface area contributed by atoms with E-state index in [2.05, 4.69) is 34.6 Å². The van der Waals surface area contributed by atoms with Crippen LogP contribution in [0.25, 0.3) is 0 Å². The summed E-state index contributed by atoms with van der Waals surface area (Å²) in [6, 6.07) is 0. The number of ether oxygens (including phenoxy) is 4. The highest BCUT2D eigenvalue weighted by Gasteiger charge is 2.30. The standard InChI is InChI=1S/C78H152O17P2/c1-6-9-12-15-18-21-24-26-27-28-31-34-38-42-47-52-57-62-76(81)89-68-74(95-78(83)64-59-54-49-44-39-35-32-29-30-33-36-40-45-50-55-60-71(4)5)70-93-97(86,87)91-66-72(79)65-90-96(84,85)92-69-73(67-88-75(80)61-56-51-46-41-23-20-17-14-11-8-3)94-77(82)63-58-53-48-43-37-25-22-19-16-13-10-7-2/h71-74,79H,6-70H2,1-5H3,(H,84,85)(H,86,87)/t72-,73+,74+/m0/s1. The molecule has 0 radical (unpaired) electrons. The molecule has 0 rings (SSSR count). The molecule has 0 bridgehead atoms. The first-order valence-electron chi connectivity index (χ1n) is 40.6. The zero-order valence-corrected chi connectivity index (χ0v) is 65.0. The van der Waals surface area contributed by atoms with Crippen LogP contribution in [0.3, 0.4) is 0 Å². The van der Waals surface area contributed by atoms with Gasteiger partial charge in [-0.3, -0.25) is 37.3 Å². The highest BCUT2D eigenvalue weighted by molar-refractivity contribution is 7.47. The highest BCUT2D eigenvalue weighted by atomic mass is 31.2. The van der Waals surface area contributed by atoms with Gasteiger partial charge in [0.2, 0.25) is 0 Å². The van der Waals surface area contributed by atoms with Gasteiger partial charge in [0, 0.05) is 25.7 Å². The lowest BCUT2D eigenvalue weighted by Gasteiger charge is -2.21. The maximum Gasteiger partial charge on any atom is 0.472 e. The fraction of sp³-hybridized carbons (Fsp3) is 0.949. The molecule has 0 amide bonds. The molecule has 576 valence electrons. The number of carbonyl (C=O) groups excluding carboxylic acids is 4. The number of aliphatic hydroxyl groups excluding tert-OH is 1. The Bertz CT molecular complexity index is 1860. The number of carbonyl (C=O) groups is 4. The van der Waals surface area contributed by atoms with Gasteiger partial charge >= 0.3 is 39.5 Å². The molecule has 0 saturated carbocycles. The van der Waals surface area contributed by atoms with Crippen LogP contribution in [0.1, 0.15) is 413 Å². The van der Waals surface area contributed by atoms with Gasteiger partial charge in [-0.25, -0.2) is 9.13 Å². The van der Waals surface area contributed by atoms with Gasteiger partial charge in [0.25, 0.3) is 0 Å². The number of unbranched alkanes of at least 4 members (excludes halogenated alkanes) is 50. The van der Waals surface area contributed by atoms with Crippen LogP contribution in [0.15, 0.2) is 0 Å². The van der Waals surface area contributed by atoms with Gasteiger partial charge in [-0.15, -0.1) is 0 Å². The molecule has 0 aromatic carbocycles. The summed E-state index contributed by atoms with van der Waals surface area (Å²) < 4.78 is 68.6.